The third-order valence-corrected chi connectivity index (χ3v) is 2.71. The Morgan fingerprint density at radius 3 is 2.58 bits per heavy atom. The summed E-state index contributed by atoms with van der Waals surface area (Å²) in [5, 5.41) is 0. The van der Waals surface area contributed by atoms with Crippen LogP contribution in [0.5, 0.6) is 0 Å². The van der Waals surface area contributed by atoms with Gasteiger partial charge in [-0.3, -0.25) is 0 Å². The summed E-state index contributed by atoms with van der Waals surface area (Å²) in [7, 11) is 0. The molecule has 0 aromatic heterocycles. The van der Waals surface area contributed by atoms with E-state index in [9.17, 15) is 0 Å². The minimum absolute atomic E-state index is 0.315. The van der Waals surface area contributed by atoms with Gasteiger partial charge < -0.3 is 4.74 Å². The van der Waals surface area contributed by atoms with Gasteiger partial charge in [-0.15, -0.1) is 6.58 Å². The van der Waals surface area contributed by atoms with Gasteiger partial charge in [-0.1, -0.05) is 25.3 Å². The third-order valence-electron chi connectivity index (χ3n) is 2.71. The number of rotatable bonds is 4. The maximum atomic E-state index is 5.61. The van der Waals surface area contributed by atoms with Crippen LogP contribution in [0.4, 0.5) is 0 Å². The fraction of sp³-hybridized carbons (Fsp3) is 0.818. The molecule has 0 aliphatic heterocycles. The Balaban J connectivity index is 2.34. The topological polar surface area (TPSA) is 9.23 Å². The summed E-state index contributed by atoms with van der Waals surface area (Å²) in [6, 6.07) is 0. The lowest BCUT2D eigenvalue weighted by Gasteiger charge is -2.27. The molecule has 1 aliphatic rings. The van der Waals surface area contributed by atoms with E-state index in [2.05, 4.69) is 13.5 Å². The zero-order valence-electron chi connectivity index (χ0n) is 8.09. The molecule has 12 heavy (non-hydrogen) atoms. The van der Waals surface area contributed by atoms with Gasteiger partial charge in [0.05, 0.1) is 6.10 Å². The molecule has 1 heteroatoms. The van der Waals surface area contributed by atoms with E-state index in [4.69, 9.17) is 4.74 Å². The molecular formula is C11H20O. The largest absolute Gasteiger partial charge is 0.374 e. The smallest absolute Gasteiger partial charge is 0.0781 e. The molecule has 0 bridgehead atoms. The van der Waals surface area contributed by atoms with Crippen LogP contribution in [0.1, 0.15) is 39.0 Å². The molecule has 1 aliphatic carbocycles. The van der Waals surface area contributed by atoms with Crippen molar-refractivity contribution < 1.29 is 4.74 Å². The first kappa shape index (κ1) is 9.79. The molecule has 1 fully saturated rings. The Kier molecular flexibility index (Phi) is 4.37. The molecule has 0 aromatic rings. The van der Waals surface area contributed by atoms with Crippen LogP contribution in [0.2, 0.25) is 0 Å². The molecular weight excluding hydrogens is 148 g/mol. The first-order chi connectivity index (χ1) is 5.88. The lowest BCUT2D eigenvalue weighted by Crippen LogP contribution is -2.23. The Labute approximate surface area is 75.8 Å². The predicted molar refractivity (Wildman–Crippen MR) is 52.2 cm³/mol. The van der Waals surface area contributed by atoms with Crippen molar-refractivity contribution >= 4 is 0 Å². The zero-order valence-corrected chi connectivity index (χ0v) is 8.09. The quantitative estimate of drug-likeness (QED) is 0.586. The molecule has 1 unspecified atom stereocenters. The molecule has 0 spiro atoms. The van der Waals surface area contributed by atoms with Crippen molar-refractivity contribution in [2.75, 3.05) is 6.61 Å². The van der Waals surface area contributed by atoms with Gasteiger partial charge in [0.1, 0.15) is 0 Å². The second-order valence-corrected chi connectivity index (χ2v) is 3.55. The first-order valence-electron chi connectivity index (χ1n) is 5.12. The van der Waals surface area contributed by atoms with Crippen molar-refractivity contribution in [1.82, 2.24) is 0 Å². The minimum atomic E-state index is 0.315. The standard InChI is InChI=1S/C11H20O/c1-3-11(12-4-2)10-8-6-5-7-9-10/h3,10-11H,1,4-9H2,2H3. The van der Waals surface area contributed by atoms with Crippen molar-refractivity contribution in [3.8, 4) is 0 Å². The van der Waals surface area contributed by atoms with E-state index in [1.165, 1.54) is 32.1 Å². The maximum Gasteiger partial charge on any atom is 0.0781 e. The van der Waals surface area contributed by atoms with E-state index >= 15 is 0 Å². The second kappa shape index (κ2) is 5.36. The van der Waals surface area contributed by atoms with Crippen LogP contribution in [0.25, 0.3) is 0 Å². The van der Waals surface area contributed by atoms with Crippen molar-refractivity contribution in [2.24, 2.45) is 5.92 Å². The van der Waals surface area contributed by atoms with Crippen molar-refractivity contribution in [1.29, 1.82) is 0 Å². The first-order valence-corrected chi connectivity index (χ1v) is 5.12. The van der Waals surface area contributed by atoms with Gasteiger partial charge in [0.15, 0.2) is 0 Å². The summed E-state index contributed by atoms with van der Waals surface area (Å²) >= 11 is 0. The van der Waals surface area contributed by atoms with E-state index in [0.717, 1.165) is 12.5 Å². The normalized spacial score (nSPS) is 22.1. The fourth-order valence-corrected chi connectivity index (χ4v) is 2.05. The molecule has 1 saturated carbocycles. The highest BCUT2D eigenvalue weighted by Crippen LogP contribution is 2.28. The van der Waals surface area contributed by atoms with Gasteiger partial charge in [0.2, 0.25) is 0 Å². The van der Waals surface area contributed by atoms with Crippen LogP contribution >= 0.6 is 0 Å². The van der Waals surface area contributed by atoms with Gasteiger partial charge >= 0.3 is 0 Å². The summed E-state index contributed by atoms with van der Waals surface area (Å²) in [6.07, 6.45) is 9.11. The molecule has 70 valence electrons. The van der Waals surface area contributed by atoms with E-state index in [-0.39, 0.29) is 0 Å². The summed E-state index contributed by atoms with van der Waals surface area (Å²) in [6.45, 7) is 6.70. The number of hydrogen-bond acceptors (Lipinski definition) is 1. The Morgan fingerprint density at radius 2 is 2.08 bits per heavy atom. The van der Waals surface area contributed by atoms with Crippen LogP contribution in [0.3, 0.4) is 0 Å². The van der Waals surface area contributed by atoms with Crippen LogP contribution < -0.4 is 0 Å². The molecule has 1 nitrogen and oxygen atoms in total. The number of ether oxygens (including phenoxy) is 1. The Hall–Kier alpha value is -0.300. The predicted octanol–water partition coefficient (Wildman–Crippen LogP) is 3.16. The Morgan fingerprint density at radius 1 is 1.42 bits per heavy atom. The second-order valence-electron chi connectivity index (χ2n) is 3.55. The average Bonchev–Trinajstić information content (AvgIpc) is 2.15. The summed E-state index contributed by atoms with van der Waals surface area (Å²) < 4.78 is 5.61. The Bertz CT molecular complexity index is 125. The number of hydrogen-bond donors (Lipinski definition) is 0. The maximum absolute atomic E-state index is 5.61. The molecule has 1 atom stereocenters. The summed E-state index contributed by atoms with van der Waals surface area (Å²) in [4.78, 5) is 0. The van der Waals surface area contributed by atoms with E-state index in [1.54, 1.807) is 0 Å². The highest BCUT2D eigenvalue weighted by Gasteiger charge is 2.20. The van der Waals surface area contributed by atoms with Crippen LogP contribution in [0.15, 0.2) is 12.7 Å². The third kappa shape index (κ3) is 2.63. The highest BCUT2D eigenvalue weighted by molar-refractivity contribution is 4.87. The molecule has 1 rings (SSSR count). The molecule has 0 aromatic carbocycles. The van der Waals surface area contributed by atoms with Crippen LogP contribution in [-0.4, -0.2) is 12.7 Å². The lowest BCUT2D eigenvalue weighted by molar-refractivity contribution is 0.0401. The van der Waals surface area contributed by atoms with E-state index in [1.807, 2.05) is 6.08 Å². The van der Waals surface area contributed by atoms with Gasteiger partial charge in [0, 0.05) is 6.61 Å². The highest BCUT2D eigenvalue weighted by atomic mass is 16.5. The van der Waals surface area contributed by atoms with Gasteiger partial charge in [-0.25, -0.2) is 0 Å². The summed E-state index contributed by atoms with van der Waals surface area (Å²) in [5.41, 5.74) is 0. The molecule has 0 amide bonds. The molecule has 0 N–H and O–H groups in total. The summed E-state index contributed by atoms with van der Waals surface area (Å²) in [5.74, 6) is 0.746. The van der Waals surface area contributed by atoms with Gasteiger partial charge in [-0.05, 0) is 25.7 Å². The van der Waals surface area contributed by atoms with Crippen LogP contribution in [-0.2, 0) is 4.74 Å². The van der Waals surface area contributed by atoms with Gasteiger partial charge in [-0.2, -0.15) is 0 Å². The minimum Gasteiger partial charge on any atom is -0.374 e. The molecule has 0 radical (unpaired) electrons. The monoisotopic (exact) mass is 168 g/mol. The van der Waals surface area contributed by atoms with Crippen molar-refractivity contribution in [3.63, 3.8) is 0 Å². The van der Waals surface area contributed by atoms with Crippen LogP contribution in [0, 0.1) is 5.92 Å². The molecule has 0 saturated heterocycles. The van der Waals surface area contributed by atoms with Crippen molar-refractivity contribution in [3.05, 3.63) is 12.7 Å². The van der Waals surface area contributed by atoms with Crippen molar-refractivity contribution in [2.45, 2.75) is 45.1 Å². The fourth-order valence-electron chi connectivity index (χ4n) is 2.05. The average molecular weight is 168 g/mol. The molecule has 0 heterocycles. The van der Waals surface area contributed by atoms with Gasteiger partial charge in [0.25, 0.3) is 0 Å². The SMILES string of the molecule is C=CC(OCC)C1CCCCC1. The van der Waals surface area contributed by atoms with E-state index in [0.29, 0.717) is 6.10 Å². The lowest BCUT2D eigenvalue weighted by atomic mass is 9.85. The van der Waals surface area contributed by atoms with E-state index < -0.39 is 0 Å². The zero-order chi connectivity index (χ0) is 8.81.